The Kier molecular flexibility index (Phi) is 7.89. The topological polar surface area (TPSA) is 117 Å². The zero-order chi connectivity index (χ0) is 24.0. The molecule has 1 aliphatic rings. The molecule has 33 heavy (non-hydrogen) atoms. The third-order valence-electron chi connectivity index (χ3n) is 5.19. The van der Waals surface area contributed by atoms with Gasteiger partial charge in [0, 0.05) is 17.3 Å². The Labute approximate surface area is 196 Å². The van der Waals surface area contributed by atoms with Gasteiger partial charge in [-0.3, -0.25) is 19.3 Å². The Bertz CT molecular complexity index is 1050. The minimum Gasteiger partial charge on any atom is -0.496 e. The minimum absolute atomic E-state index is 0.0567. The van der Waals surface area contributed by atoms with Gasteiger partial charge in [-0.15, -0.1) is 0 Å². The summed E-state index contributed by atoms with van der Waals surface area (Å²) in [7, 11) is 1.51. The SMILES string of the molecule is COc1ccc(Cl)cc1CC1CNC(=O)CN(C(=O)NC(C)C(=O)Nc2ccccc2)C1=O. The number of para-hydroxylation sites is 1. The van der Waals surface area contributed by atoms with E-state index in [1.54, 1.807) is 42.5 Å². The summed E-state index contributed by atoms with van der Waals surface area (Å²) in [4.78, 5) is 51.4. The predicted molar refractivity (Wildman–Crippen MR) is 123 cm³/mol. The van der Waals surface area contributed by atoms with Gasteiger partial charge in [-0.05, 0) is 49.2 Å². The van der Waals surface area contributed by atoms with E-state index in [4.69, 9.17) is 16.3 Å². The van der Waals surface area contributed by atoms with Gasteiger partial charge in [0.25, 0.3) is 0 Å². The van der Waals surface area contributed by atoms with Crippen LogP contribution in [0.4, 0.5) is 10.5 Å². The molecule has 2 aromatic rings. The summed E-state index contributed by atoms with van der Waals surface area (Å²) >= 11 is 6.08. The van der Waals surface area contributed by atoms with Crippen molar-refractivity contribution in [3.8, 4) is 5.75 Å². The molecule has 2 aromatic carbocycles. The summed E-state index contributed by atoms with van der Waals surface area (Å²) in [6.07, 6.45) is 0.205. The number of imide groups is 1. The average molecular weight is 473 g/mol. The van der Waals surface area contributed by atoms with Crippen LogP contribution in [0, 0.1) is 5.92 Å². The molecule has 0 bridgehead atoms. The molecule has 1 saturated heterocycles. The number of amides is 5. The molecule has 0 aromatic heterocycles. The van der Waals surface area contributed by atoms with E-state index in [-0.39, 0.29) is 13.0 Å². The number of nitrogens with zero attached hydrogens (tertiary/aromatic N) is 1. The number of urea groups is 1. The van der Waals surface area contributed by atoms with Gasteiger partial charge in [0.1, 0.15) is 18.3 Å². The van der Waals surface area contributed by atoms with Crippen molar-refractivity contribution in [1.29, 1.82) is 0 Å². The van der Waals surface area contributed by atoms with Gasteiger partial charge in [0.2, 0.25) is 17.7 Å². The van der Waals surface area contributed by atoms with Gasteiger partial charge >= 0.3 is 6.03 Å². The lowest BCUT2D eigenvalue weighted by Gasteiger charge is -2.24. The summed E-state index contributed by atoms with van der Waals surface area (Å²) in [5, 5.41) is 8.30. The first kappa shape index (κ1) is 24.1. The highest BCUT2D eigenvalue weighted by Gasteiger charge is 2.35. The van der Waals surface area contributed by atoms with Crippen LogP contribution in [0.3, 0.4) is 0 Å². The summed E-state index contributed by atoms with van der Waals surface area (Å²) in [6, 6.07) is 12.0. The summed E-state index contributed by atoms with van der Waals surface area (Å²) < 4.78 is 5.34. The fraction of sp³-hybridized carbons (Fsp3) is 0.304. The Morgan fingerprint density at radius 1 is 1.21 bits per heavy atom. The molecule has 0 saturated carbocycles. The normalized spacial score (nSPS) is 16.9. The van der Waals surface area contributed by atoms with Crippen LogP contribution in [0.2, 0.25) is 5.02 Å². The number of benzene rings is 2. The molecule has 3 rings (SSSR count). The summed E-state index contributed by atoms with van der Waals surface area (Å²) in [5.41, 5.74) is 1.25. The van der Waals surface area contributed by atoms with E-state index in [0.717, 1.165) is 4.90 Å². The molecule has 1 aliphatic heterocycles. The van der Waals surface area contributed by atoms with Crippen molar-refractivity contribution in [2.45, 2.75) is 19.4 Å². The van der Waals surface area contributed by atoms with E-state index < -0.39 is 42.3 Å². The molecule has 0 spiro atoms. The number of anilines is 1. The number of carbonyl (C=O) groups is 4. The van der Waals surface area contributed by atoms with Crippen molar-refractivity contribution in [2.24, 2.45) is 5.92 Å². The first-order chi connectivity index (χ1) is 15.8. The lowest BCUT2D eigenvalue weighted by atomic mass is 9.97. The van der Waals surface area contributed by atoms with E-state index in [1.807, 2.05) is 6.07 Å². The van der Waals surface area contributed by atoms with Crippen LogP contribution in [-0.2, 0) is 20.8 Å². The number of ether oxygens (including phenoxy) is 1. The van der Waals surface area contributed by atoms with Crippen LogP contribution in [0.5, 0.6) is 5.75 Å². The van der Waals surface area contributed by atoms with Crippen molar-refractivity contribution in [1.82, 2.24) is 15.5 Å². The maximum Gasteiger partial charge on any atom is 0.325 e. The molecular weight excluding hydrogens is 448 g/mol. The van der Waals surface area contributed by atoms with Crippen LogP contribution < -0.4 is 20.7 Å². The smallest absolute Gasteiger partial charge is 0.325 e. The molecule has 174 valence electrons. The fourth-order valence-corrected chi connectivity index (χ4v) is 3.62. The predicted octanol–water partition coefficient (Wildman–Crippen LogP) is 2.20. The van der Waals surface area contributed by atoms with Crippen LogP contribution in [0.15, 0.2) is 48.5 Å². The second kappa shape index (κ2) is 10.8. The molecule has 0 radical (unpaired) electrons. The first-order valence-corrected chi connectivity index (χ1v) is 10.7. The molecule has 1 fully saturated rings. The van der Waals surface area contributed by atoms with Gasteiger partial charge < -0.3 is 20.7 Å². The maximum absolute atomic E-state index is 13.2. The van der Waals surface area contributed by atoms with E-state index in [0.29, 0.717) is 22.0 Å². The molecule has 2 unspecified atom stereocenters. The molecule has 9 nitrogen and oxygen atoms in total. The Morgan fingerprint density at radius 2 is 1.94 bits per heavy atom. The molecular formula is C23H25ClN4O5. The standard InChI is InChI=1S/C23H25ClN4O5/c1-14(21(30)27-18-6-4-3-5-7-18)26-23(32)28-13-20(29)25-12-16(22(28)31)10-15-11-17(24)8-9-19(15)33-2/h3-9,11,14,16H,10,12-13H2,1-2H3,(H,25,29)(H,26,32)(H,27,30). The first-order valence-electron chi connectivity index (χ1n) is 10.4. The van der Waals surface area contributed by atoms with Crippen LogP contribution >= 0.6 is 11.6 Å². The Balaban J connectivity index is 1.71. The third kappa shape index (κ3) is 6.23. The second-order valence-corrected chi connectivity index (χ2v) is 8.05. The summed E-state index contributed by atoms with van der Waals surface area (Å²) in [6.45, 7) is 1.11. The Hall–Kier alpha value is -3.59. The number of hydrogen-bond acceptors (Lipinski definition) is 5. The van der Waals surface area contributed by atoms with Gasteiger partial charge in [0.15, 0.2) is 0 Å². The highest BCUT2D eigenvalue weighted by Crippen LogP contribution is 2.26. The molecule has 3 N–H and O–H groups in total. The van der Waals surface area contributed by atoms with Crippen LogP contribution in [-0.4, -0.2) is 54.9 Å². The molecule has 0 aliphatic carbocycles. The van der Waals surface area contributed by atoms with Crippen LogP contribution in [0.1, 0.15) is 12.5 Å². The van der Waals surface area contributed by atoms with Crippen LogP contribution in [0.25, 0.3) is 0 Å². The number of methoxy groups -OCH3 is 1. The lowest BCUT2D eigenvalue weighted by Crippen LogP contribution is -2.52. The minimum atomic E-state index is -0.941. The number of halogens is 1. The zero-order valence-electron chi connectivity index (χ0n) is 18.3. The third-order valence-corrected chi connectivity index (χ3v) is 5.43. The van der Waals surface area contributed by atoms with Crippen molar-refractivity contribution in [3.05, 3.63) is 59.1 Å². The number of carbonyl (C=O) groups excluding carboxylic acids is 4. The van der Waals surface area contributed by atoms with E-state index in [2.05, 4.69) is 16.0 Å². The molecule has 1 heterocycles. The molecule has 2 atom stereocenters. The van der Waals surface area contributed by atoms with E-state index in [1.165, 1.54) is 14.0 Å². The lowest BCUT2D eigenvalue weighted by molar-refractivity contribution is -0.133. The number of nitrogens with one attached hydrogen (secondary N) is 3. The van der Waals surface area contributed by atoms with Crippen molar-refractivity contribution in [3.63, 3.8) is 0 Å². The highest BCUT2D eigenvalue weighted by molar-refractivity contribution is 6.30. The van der Waals surface area contributed by atoms with Gasteiger partial charge in [-0.1, -0.05) is 29.8 Å². The maximum atomic E-state index is 13.2. The van der Waals surface area contributed by atoms with Crippen molar-refractivity contribution >= 4 is 41.0 Å². The van der Waals surface area contributed by atoms with E-state index >= 15 is 0 Å². The van der Waals surface area contributed by atoms with Gasteiger partial charge in [-0.2, -0.15) is 0 Å². The Morgan fingerprint density at radius 3 is 2.64 bits per heavy atom. The largest absolute Gasteiger partial charge is 0.496 e. The zero-order valence-corrected chi connectivity index (χ0v) is 19.0. The highest BCUT2D eigenvalue weighted by atomic mass is 35.5. The summed E-state index contributed by atoms with van der Waals surface area (Å²) in [5.74, 6) is -1.64. The quantitative estimate of drug-likeness (QED) is 0.596. The monoisotopic (exact) mass is 472 g/mol. The second-order valence-electron chi connectivity index (χ2n) is 7.61. The molecule has 5 amide bonds. The van der Waals surface area contributed by atoms with E-state index in [9.17, 15) is 19.2 Å². The number of hydrogen-bond donors (Lipinski definition) is 3. The fourth-order valence-electron chi connectivity index (χ4n) is 3.43. The van der Waals surface area contributed by atoms with Gasteiger partial charge in [0.05, 0.1) is 13.0 Å². The number of rotatable bonds is 6. The average Bonchev–Trinajstić information content (AvgIpc) is 2.93. The van der Waals surface area contributed by atoms with Crippen molar-refractivity contribution in [2.75, 3.05) is 25.5 Å². The molecule has 10 heteroatoms. The van der Waals surface area contributed by atoms with Crippen molar-refractivity contribution < 1.29 is 23.9 Å². The van der Waals surface area contributed by atoms with Gasteiger partial charge in [-0.25, -0.2) is 4.79 Å².